The standard InChI is InChI=1S/C28H20BrI2NO4/c1-14-22(28(34)35-2)23(24-25(32-14)18-5-3-4-6-19(18)26(24)33)16-11-20(30)27(21(31)12-16)36-13-15-7-9-17(29)10-8-15/h3-12,23,32H,13H2,1-2H3/t23-/m0/s1. The van der Waals surface area contributed by atoms with Crippen molar-refractivity contribution in [2.45, 2.75) is 19.4 Å². The van der Waals surface area contributed by atoms with Gasteiger partial charge in [-0.25, -0.2) is 4.79 Å². The lowest BCUT2D eigenvalue weighted by molar-refractivity contribution is -0.136. The van der Waals surface area contributed by atoms with Crippen molar-refractivity contribution in [1.29, 1.82) is 0 Å². The van der Waals surface area contributed by atoms with Gasteiger partial charge in [-0.15, -0.1) is 0 Å². The van der Waals surface area contributed by atoms with Crippen molar-refractivity contribution in [3.8, 4) is 5.75 Å². The molecule has 0 unspecified atom stereocenters. The summed E-state index contributed by atoms with van der Waals surface area (Å²) in [6, 6.07) is 19.5. The average molecular weight is 768 g/mol. The number of allylic oxidation sites excluding steroid dienone is 2. The molecular formula is C28H20BrI2NO4. The normalized spacial score (nSPS) is 16.5. The highest BCUT2D eigenvalue weighted by Gasteiger charge is 2.43. The van der Waals surface area contributed by atoms with Crippen LogP contribution in [0, 0.1) is 7.14 Å². The Morgan fingerprint density at radius 1 is 1.03 bits per heavy atom. The van der Waals surface area contributed by atoms with E-state index in [4.69, 9.17) is 9.47 Å². The van der Waals surface area contributed by atoms with E-state index in [0.29, 0.717) is 29.0 Å². The van der Waals surface area contributed by atoms with Crippen LogP contribution in [0.5, 0.6) is 5.75 Å². The zero-order chi connectivity index (χ0) is 25.6. The number of hydrogen-bond acceptors (Lipinski definition) is 5. The number of nitrogens with one attached hydrogen (secondary N) is 1. The molecule has 5 rings (SSSR count). The molecule has 0 bridgehead atoms. The quantitative estimate of drug-likeness (QED) is 0.225. The third kappa shape index (κ3) is 4.51. The molecule has 0 radical (unpaired) electrons. The Balaban J connectivity index is 1.57. The van der Waals surface area contributed by atoms with Gasteiger partial charge in [0, 0.05) is 32.8 Å². The van der Waals surface area contributed by atoms with Crippen LogP contribution in [-0.2, 0) is 16.1 Å². The van der Waals surface area contributed by atoms with Gasteiger partial charge in [0.15, 0.2) is 5.78 Å². The van der Waals surface area contributed by atoms with Crippen molar-refractivity contribution >= 4 is 78.6 Å². The number of rotatable bonds is 5. The lowest BCUT2D eigenvalue weighted by atomic mass is 9.80. The number of methoxy groups -OCH3 is 1. The van der Waals surface area contributed by atoms with E-state index in [1.165, 1.54) is 7.11 Å². The van der Waals surface area contributed by atoms with Gasteiger partial charge in [0.1, 0.15) is 12.4 Å². The summed E-state index contributed by atoms with van der Waals surface area (Å²) in [4.78, 5) is 26.6. The van der Waals surface area contributed by atoms with Crippen LogP contribution in [0.4, 0.5) is 0 Å². The molecule has 0 amide bonds. The summed E-state index contributed by atoms with van der Waals surface area (Å²) in [6.45, 7) is 2.28. The second kappa shape index (κ2) is 10.3. The molecule has 5 nitrogen and oxygen atoms in total. The minimum atomic E-state index is -0.559. The number of carbonyl (C=O) groups excluding carboxylic acids is 2. The van der Waals surface area contributed by atoms with Gasteiger partial charge in [-0.3, -0.25) is 4.79 Å². The largest absolute Gasteiger partial charge is 0.487 e. The Labute approximate surface area is 244 Å². The highest BCUT2D eigenvalue weighted by Crippen LogP contribution is 2.48. The van der Waals surface area contributed by atoms with Crippen LogP contribution in [0.15, 0.2) is 82.0 Å². The molecule has 1 N–H and O–H groups in total. The Hall–Kier alpha value is -2.18. The summed E-state index contributed by atoms with van der Waals surface area (Å²) in [6.07, 6.45) is 0. The van der Waals surface area contributed by atoms with Gasteiger partial charge >= 0.3 is 5.97 Å². The number of hydrogen-bond donors (Lipinski definition) is 1. The second-order valence-corrected chi connectivity index (χ2v) is 11.7. The third-order valence-corrected chi connectivity index (χ3v) is 8.44. The van der Waals surface area contributed by atoms with Crippen LogP contribution in [0.1, 0.15) is 39.9 Å². The fourth-order valence-electron chi connectivity index (χ4n) is 4.66. The Morgan fingerprint density at radius 3 is 2.31 bits per heavy atom. The molecule has 0 saturated heterocycles. The van der Waals surface area contributed by atoms with E-state index in [2.05, 4.69) is 66.4 Å². The van der Waals surface area contributed by atoms with Gasteiger partial charge in [-0.05, 0) is 87.5 Å². The van der Waals surface area contributed by atoms with Gasteiger partial charge in [-0.1, -0.05) is 52.3 Å². The maximum atomic E-state index is 13.6. The number of benzene rings is 3. The second-order valence-electron chi connectivity index (χ2n) is 8.48. The van der Waals surface area contributed by atoms with Gasteiger partial charge in [0.05, 0.1) is 25.5 Å². The number of carbonyl (C=O) groups is 2. The Kier molecular flexibility index (Phi) is 7.28. The highest BCUT2D eigenvalue weighted by atomic mass is 127. The summed E-state index contributed by atoms with van der Waals surface area (Å²) in [5.41, 5.74) is 5.83. The molecule has 1 aliphatic carbocycles. The van der Waals surface area contributed by atoms with Crippen LogP contribution >= 0.6 is 61.1 Å². The SMILES string of the molecule is COC(=O)C1=C(C)NC2=C(C(=O)c3ccccc32)[C@H]1c1cc(I)c(OCc2ccc(Br)cc2)c(I)c1. The van der Waals surface area contributed by atoms with Crippen molar-refractivity contribution in [2.24, 2.45) is 0 Å². The molecule has 1 heterocycles. The van der Waals surface area contributed by atoms with Crippen molar-refractivity contribution in [2.75, 3.05) is 7.11 Å². The molecule has 3 aromatic carbocycles. The molecule has 2 aliphatic rings. The first-order chi connectivity index (χ1) is 17.3. The van der Waals surface area contributed by atoms with E-state index in [1.807, 2.05) is 67.6 Å². The first-order valence-corrected chi connectivity index (χ1v) is 14.1. The lowest BCUT2D eigenvalue weighted by Crippen LogP contribution is -2.29. The summed E-state index contributed by atoms with van der Waals surface area (Å²) in [7, 11) is 1.36. The van der Waals surface area contributed by atoms with Gasteiger partial charge in [0.2, 0.25) is 0 Å². The van der Waals surface area contributed by atoms with Crippen LogP contribution < -0.4 is 10.1 Å². The van der Waals surface area contributed by atoms with Gasteiger partial charge in [-0.2, -0.15) is 0 Å². The zero-order valence-corrected chi connectivity index (χ0v) is 25.2. The molecule has 36 heavy (non-hydrogen) atoms. The molecule has 0 aromatic heterocycles. The number of ketones is 1. The number of halogens is 3. The van der Waals surface area contributed by atoms with E-state index in [9.17, 15) is 9.59 Å². The van der Waals surface area contributed by atoms with Crippen molar-refractivity contribution in [3.63, 3.8) is 0 Å². The van der Waals surface area contributed by atoms with Gasteiger partial charge < -0.3 is 14.8 Å². The predicted molar refractivity (Wildman–Crippen MR) is 159 cm³/mol. The molecule has 182 valence electrons. The number of esters is 1. The number of Topliss-reactive ketones (excluding diaryl/α,β-unsaturated/α-hetero) is 1. The van der Waals surface area contributed by atoms with E-state index in [0.717, 1.165) is 39.7 Å². The van der Waals surface area contributed by atoms with Crippen molar-refractivity contribution in [1.82, 2.24) is 5.32 Å². The molecule has 0 spiro atoms. The van der Waals surface area contributed by atoms with E-state index in [1.54, 1.807) is 0 Å². The molecule has 3 aromatic rings. The summed E-state index contributed by atoms with van der Waals surface area (Å²) >= 11 is 7.96. The first-order valence-electron chi connectivity index (χ1n) is 11.1. The third-order valence-electron chi connectivity index (χ3n) is 6.30. The smallest absolute Gasteiger partial charge is 0.336 e. The topological polar surface area (TPSA) is 64.6 Å². The minimum absolute atomic E-state index is 0.0763. The molecule has 0 saturated carbocycles. The Bertz CT molecular complexity index is 1450. The molecule has 1 atom stereocenters. The molecule has 1 aliphatic heterocycles. The zero-order valence-electron chi connectivity index (χ0n) is 19.3. The van der Waals surface area contributed by atoms with Crippen LogP contribution in [0.2, 0.25) is 0 Å². The minimum Gasteiger partial charge on any atom is -0.487 e. The highest BCUT2D eigenvalue weighted by molar-refractivity contribution is 14.1. The first kappa shape index (κ1) is 25.5. The molecule has 0 fully saturated rings. The van der Waals surface area contributed by atoms with Crippen LogP contribution in [-0.4, -0.2) is 18.9 Å². The van der Waals surface area contributed by atoms with E-state index >= 15 is 0 Å². The fraction of sp³-hybridized carbons (Fsp3) is 0.143. The Morgan fingerprint density at radius 2 is 1.67 bits per heavy atom. The predicted octanol–water partition coefficient (Wildman–Crippen LogP) is 6.98. The monoisotopic (exact) mass is 767 g/mol. The van der Waals surface area contributed by atoms with Gasteiger partial charge in [0.25, 0.3) is 0 Å². The van der Waals surface area contributed by atoms with E-state index in [-0.39, 0.29) is 5.78 Å². The van der Waals surface area contributed by atoms with Crippen molar-refractivity contribution < 1.29 is 19.1 Å². The summed E-state index contributed by atoms with van der Waals surface area (Å²) < 4.78 is 14.2. The summed E-state index contributed by atoms with van der Waals surface area (Å²) in [5, 5.41) is 3.32. The maximum absolute atomic E-state index is 13.6. The number of dihydropyridines is 1. The maximum Gasteiger partial charge on any atom is 0.336 e. The van der Waals surface area contributed by atoms with Crippen molar-refractivity contribution in [3.05, 3.63) is 111 Å². The lowest BCUT2D eigenvalue weighted by Gasteiger charge is -2.29. The van der Waals surface area contributed by atoms with E-state index < -0.39 is 11.9 Å². The molecule has 8 heteroatoms. The number of ether oxygens (including phenoxy) is 2. The average Bonchev–Trinajstić information content (AvgIpc) is 3.14. The molecular weight excluding hydrogens is 748 g/mol. The van der Waals surface area contributed by atoms with Crippen LogP contribution in [0.25, 0.3) is 5.70 Å². The fourth-order valence-corrected chi connectivity index (χ4v) is 7.06. The number of fused-ring (bicyclic) bond motifs is 2. The van der Waals surface area contributed by atoms with Crippen LogP contribution in [0.3, 0.4) is 0 Å². The summed E-state index contributed by atoms with van der Waals surface area (Å²) in [5.74, 6) is -0.322.